The molecule has 1 N–H and O–H groups in total. The maximum absolute atomic E-state index is 12.7. The van der Waals surface area contributed by atoms with E-state index in [1.807, 2.05) is 60.3 Å². The second kappa shape index (κ2) is 8.90. The monoisotopic (exact) mass is 403 g/mol. The SMILES string of the molecule is CC(NC(=O)C(=O)N1CCCC(n2cccn2)C1)c1ccc(-c2ccncc2)cc1. The maximum Gasteiger partial charge on any atom is 0.311 e. The van der Waals surface area contributed by atoms with Crippen LogP contribution in [-0.2, 0) is 9.59 Å². The van der Waals surface area contributed by atoms with Crippen molar-refractivity contribution < 1.29 is 9.59 Å². The van der Waals surface area contributed by atoms with E-state index in [0.717, 1.165) is 29.5 Å². The predicted molar refractivity (Wildman–Crippen MR) is 113 cm³/mol. The Morgan fingerprint density at radius 2 is 1.80 bits per heavy atom. The quantitative estimate of drug-likeness (QED) is 0.679. The number of carbonyl (C=O) groups excluding carboxylic acids is 2. The van der Waals surface area contributed by atoms with Gasteiger partial charge in [-0.2, -0.15) is 5.10 Å². The summed E-state index contributed by atoms with van der Waals surface area (Å²) in [4.78, 5) is 30.9. The summed E-state index contributed by atoms with van der Waals surface area (Å²) in [6, 6.07) is 13.6. The van der Waals surface area contributed by atoms with Crippen molar-refractivity contribution in [3.8, 4) is 11.1 Å². The van der Waals surface area contributed by atoms with Gasteiger partial charge in [-0.05, 0) is 54.7 Å². The molecule has 0 saturated carbocycles. The molecular formula is C23H25N5O2. The second-order valence-corrected chi connectivity index (χ2v) is 7.59. The Balaban J connectivity index is 1.36. The van der Waals surface area contributed by atoms with Crippen molar-refractivity contribution in [3.05, 3.63) is 72.8 Å². The zero-order valence-corrected chi connectivity index (χ0v) is 16.9. The number of likely N-dealkylation sites (tertiary alicyclic amines) is 1. The van der Waals surface area contributed by atoms with Crippen LogP contribution in [0.5, 0.6) is 0 Å². The lowest BCUT2D eigenvalue weighted by Crippen LogP contribution is -2.48. The number of nitrogens with one attached hydrogen (secondary N) is 1. The van der Waals surface area contributed by atoms with Gasteiger partial charge in [-0.25, -0.2) is 0 Å². The topological polar surface area (TPSA) is 80.1 Å². The molecule has 1 aromatic carbocycles. The highest BCUT2D eigenvalue weighted by atomic mass is 16.2. The minimum absolute atomic E-state index is 0.114. The Hall–Kier alpha value is -3.48. The van der Waals surface area contributed by atoms with Crippen molar-refractivity contribution in [2.75, 3.05) is 13.1 Å². The highest BCUT2D eigenvalue weighted by Crippen LogP contribution is 2.22. The Morgan fingerprint density at radius 3 is 2.50 bits per heavy atom. The molecule has 1 aliphatic rings. The van der Waals surface area contributed by atoms with Gasteiger partial charge in [0.2, 0.25) is 0 Å². The number of benzene rings is 1. The standard InChI is InChI=1S/C23H25N5O2/c1-17(18-5-7-19(8-6-18)20-9-12-24-13-10-20)26-22(29)23(30)27-14-2-4-21(16-27)28-15-3-11-25-28/h3,5-13,15,17,21H,2,4,14,16H2,1H3,(H,26,29). The van der Waals surface area contributed by atoms with Gasteiger partial charge in [0.15, 0.2) is 0 Å². The summed E-state index contributed by atoms with van der Waals surface area (Å²) in [5.74, 6) is -1.05. The van der Waals surface area contributed by atoms with Crippen LogP contribution in [0.4, 0.5) is 0 Å². The third kappa shape index (κ3) is 4.40. The van der Waals surface area contributed by atoms with Gasteiger partial charge in [0, 0.05) is 37.9 Å². The van der Waals surface area contributed by atoms with E-state index in [4.69, 9.17) is 0 Å². The van der Waals surface area contributed by atoms with Gasteiger partial charge < -0.3 is 10.2 Å². The predicted octanol–water partition coefficient (Wildman–Crippen LogP) is 2.99. The van der Waals surface area contributed by atoms with Gasteiger partial charge in [0.25, 0.3) is 0 Å². The molecular weight excluding hydrogens is 378 g/mol. The Kier molecular flexibility index (Phi) is 5.88. The summed E-state index contributed by atoms with van der Waals surface area (Å²) in [5, 5.41) is 7.11. The van der Waals surface area contributed by atoms with E-state index >= 15 is 0 Å². The average molecular weight is 403 g/mol. The minimum atomic E-state index is -0.568. The number of carbonyl (C=O) groups is 2. The molecule has 2 unspecified atom stereocenters. The first-order valence-corrected chi connectivity index (χ1v) is 10.2. The molecule has 4 rings (SSSR count). The fraction of sp³-hybridized carbons (Fsp3) is 0.304. The number of rotatable bonds is 4. The van der Waals surface area contributed by atoms with E-state index in [2.05, 4.69) is 15.4 Å². The van der Waals surface area contributed by atoms with Crippen LogP contribution in [0, 0.1) is 0 Å². The molecule has 154 valence electrons. The zero-order valence-electron chi connectivity index (χ0n) is 16.9. The summed E-state index contributed by atoms with van der Waals surface area (Å²) in [5.41, 5.74) is 3.11. The lowest BCUT2D eigenvalue weighted by molar-refractivity contribution is -0.147. The first kappa shape index (κ1) is 19.8. The van der Waals surface area contributed by atoms with Crippen LogP contribution in [0.25, 0.3) is 11.1 Å². The molecule has 2 aromatic heterocycles. The van der Waals surface area contributed by atoms with Crippen molar-refractivity contribution in [2.24, 2.45) is 0 Å². The van der Waals surface area contributed by atoms with Crippen LogP contribution in [0.1, 0.15) is 37.4 Å². The van der Waals surface area contributed by atoms with Crippen LogP contribution < -0.4 is 5.32 Å². The van der Waals surface area contributed by atoms with E-state index in [1.54, 1.807) is 23.5 Å². The number of piperidine rings is 1. The van der Waals surface area contributed by atoms with Gasteiger partial charge in [-0.3, -0.25) is 19.3 Å². The summed E-state index contributed by atoms with van der Waals surface area (Å²) in [6.45, 7) is 2.98. The van der Waals surface area contributed by atoms with Crippen molar-refractivity contribution in [1.82, 2.24) is 25.0 Å². The van der Waals surface area contributed by atoms with E-state index in [0.29, 0.717) is 13.1 Å². The lowest BCUT2D eigenvalue weighted by atomic mass is 10.0. The summed E-state index contributed by atoms with van der Waals surface area (Å²) >= 11 is 0. The van der Waals surface area contributed by atoms with Gasteiger partial charge in [-0.15, -0.1) is 0 Å². The number of aromatic nitrogens is 3. The highest BCUT2D eigenvalue weighted by Gasteiger charge is 2.29. The van der Waals surface area contributed by atoms with E-state index in [-0.39, 0.29) is 12.1 Å². The first-order chi connectivity index (χ1) is 14.6. The van der Waals surface area contributed by atoms with Gasteiger partial charge in [0.05, 0.1) is 12.1 Å². The smallest absolute Gasteiger partial charge is 0.311 e. The Bertz CT molecular complexity index is 986. The fourth-order valence-electron chi connectivity index (χ4n) is 3.85. The molecule has 3 aromatic rings. The van der Waals surface area contributed by atoms with Crippen LogP contribution in [-0.4, -0.2) is 44.6 Å². The van der Waals surface area contributed by atoms with Crippen LogP contribution in [0.2, 0.25) is 0 Å². The number of pyridine rings is 1. The normalized spacial score (nSPS) is 17.4. The number of amides is 2. The number of hydrogen-bond donors (Lipinski definition) is 1. The molecule has 1 fully saturated rings. The molecule has 2 amide bonds. The summed E-state index contributed by atoms with van der Waals surface area (Å²) < 4.78 is 1.87. The third-order valence-corrected chi connectivity index (χ3v) is 5.55. The molecule has 2 atom stereocenters. The maximum atomic E-state index is 12.7. The number of nitrogens with zero attached hydrogens (tertiary/aromatic N) is 4. The van der Waals surface area contributed by atoms with Crippen molar-refractivity contribution in [2.45, 2.75) is 31.8 Å². The molecule has 1 saturated heterocycles. The van der Waals surface area contributed by atoms with E-state index in [1.165, 1.54) is 0 Å². The molecule has 7 heteroatoms. The molecule has 7 nitrogen and oxygen atoms in total. The Labute approximate surface area is 175 Å². The van der Waals surface area contributed by atoms with E-state index in [9.17, 15) is 9.59 Å². The first-order valence-electron chi connectivity index (χ1n) is 10.2. The fourth-order valence-corrected chi connectivity index (χ4v) is 3.85. The Morgan fingerprint density at radius 1 is 1.07 bits per heavy atom. The summed E-state index contributed by atoms with van der Waals surface area (Å²) in [6.07, 6.45) is 8.96. The molecule has 0 aliphatic carbocycles. The molecule has 0 bridgehead atoms. The summed E-state index contributed by atoms with van der Waals surface area (Å²) in [7, 11) is 0. The van der Waals surface area contributed by atoms with Crippen molar-refractivity contribution in [3.63, 3.8) is 0 Å². The molecule has 0 spiro atoms. The molecule has 1 aliphatic heterocycles. The number of hydrogen-bond acceptors (Lipinski definition) is 4. The second-order valence-electron chi connectivity index (χ2n) is 7.59. The van der Waals surface area contributed by atoms with E-state index < -0.39 is 11.8 Å². The largest absolute Gasteiger partial charge is 0.341 e. The third-order valence-electron chi connectivity index (χ3n) is 5.55. The van der Waals surface area contributed by atoms with Crippen LogP contribution >= 0.6 is 0 Å². The average Bonchev–Trinajstić information content (AvgIpc) is 3.34. The zero-order chi connectivity index (χ0) is 20.9. The molecule has 3 heterocycles. The van der Waals surface area contributed by atoms with Gasteiger partial charge in [-0.1, -0.05) is 24.3 Å². The van der Waals surface area contributed by atoms with Crippen LogP contribution in [0.3, 0.4) is 0 Å². The van der Waals surface area contributed by atoms with Crippen LogP contribution in [0.15, 0.2) is 67.3 Å². The molecule has 0 radical (unpaired) electrons. The molecule has 30 heavy (non-hydrogen) atoms. The highest BCUT2D eigenvalue weighted by molar-refractivity contribution is 6.35. The lowest BCUT2D eigenvalue weighted by Gasteiger charge is -2.32. The minimum Gasteiger partial charge on any atom is -0.341 e. The van der Waals surface area contributed by atoms with Crippen molar-refractivity contribution in [1.29, 1.82) is 0 Å². The van der Waals surface area contributed by atoms with Crippen molar-refractivity contribution >= 4 is 11.8 Å². The van der Waals surface area contributed by atoms with Gasteiger partial charge in [0.1, 0.15) is 0 Å². The van der Waals surface area contributed by atoms with Gasteiger partial charge >= 0.3 is 11.8 Å².